The summed E-state index contributed by atoms with van der Waals surface area (Å²) in [4.78, 5) is 18.4. The Morgan fingerprint density at radius 2 is 2.00 bits per heavy atom. The first-order valence-corrected chi connectivity index (χ1v) is 8.97. The number of carbonyl (C=O) groups is 1. The standard InChI is InChI=1S/C19H30N4O2/c1-20-19(21-13-18(24)22-16-10-5-4-6-11-16)23(2)14-15-9-7-8-12-17(15)25-3/h7-9,12,16H,4-6,10-11,13-14H2,1-3H3,(H,20,21)(H,22,24). The predicted octanol–water partition coefficient (Wildman–Crippen LogP) is 2.15. The van der Waals surface area contributed by atoms with Crippen LogP contribution in [0.25, 0.3) is 0 Å². The molecule has 0 bridgehead atoms. The molecule has 6 heteroatoms. The lowest BCUT2D eigenvalue weighted by Crippen LogP contribution is -2.46. The van der Waals surface area contributed by atoms with Crippen LogP contribution in [0.15, 0.2) is 29.3 Å². The second-order valence-corrected chi connectivity index (χ2v) is 6.47. The molecule has 0 atom stereocenters. The van der Waals surface area contributed by atoms with Crippen LogP contribution >= 0.6 is 0 Å². The second kappa shape index (κ2) is 9.91. The summed E-state index contributed by atoms with van der Waals surface area (Å²) in [5.74, 6) is 1.56. The Morgan fingerprint density at radius 3 is 2.68 bits per heavy atom. The molecular formula is C19H30N4O2. The molecule has 0 heterocycles. The monoisotopic (exact) mass is 346 g/mol. The maximum Gasteiger partial charge on any atom is 0.239 e. The van der Waals surface area contributed by atoms with Gasteiger partial charge in [0.05, 0.1) is 13.7 Å². The van der Waals surface area contributed by atoms with E-state index in [4.69, 9.17) is 4.74 Å². The van der Waals surface area contributed by atoms with Crippen LogP contribution in [0.2, 0.25) is 0 Å². The Balaban J connectivity index is 1.83. The predicted molar refractivity (Wildman–Crippen MR) is 101 cm³/mol. The maximum absolute atomic E-state index is 12.1. The first-order chi connectivity index (χ1) is 12.1. The van der Waals surface area contributed by atoms with E-state index in [1.54, 1.807) is 14.2 Å². The van der Waals surface area contributed by atoms with Crippen LogP contribution in [-0.2, 0) is 11.3 Å². The normalized spacial score (nSPS) is 15.6. The van der Waals surface area contributed by atoms with E-state index >= 15 is 0 Å². The third kappa shape index (κ3) is 5.96. The number of aliphatic imine (C=N–C) groups is 1. The maximum atomic E-state index is 12.1. The zero-order chi connectivity index (χ0) is 18.1. The molecule has 138 valence electrons. The fourth-order valence-electron chi connectivity index (χ4n) is 3.23. The molecule has 2 N–H and O–H groups in total. The summed E-state index contributed by atoms with van der Waals surface area (Å²) < 4.78 is 5.39. The minimum Gasteiger partial charge on any atom is -0.496 e. The lowest BCUT2D eigenvalue weighted by molar-refractivity contribution is -0.120. The largest absolute Gasteiger partial charge is 0.496 e. The zero-order valence-corrected chi connectivity index (χ0v) is 15.5. The molecule has 0 aromatic heterocycles. The number of amides is 1. The van der Waals surface area contributed by atoms with Crippen LogP contribution in [-0.4, -0.2) is 50.6 Å². The molecule has 2 rings (SSSR count). The van der Waals surface area contributed by atoms with Crippen molar-refractivity contribution in [1.82, 2.24) is 15.5 Å². The Bertz CT molecular complexity index is 583. The fourth-order valence-corrected chi connectivity index (χ4v) is 3.23. The number of ether oxygens (including phenoxy) is 1. The fraction of sp³-hybridized carbons (Fsp3) is 0.579. The Morgan fingerprint density at radius 1 is 1.28 bits per heavy atom. The van der Waals surface area contributed by atoms with Crippen molar-refractivity contribution in [1.29, 1.82) is 0 Å². The summed E-state index contributed by atoms with van der Waals surface area (Å²) in [6.07, 6.45) is 5.89. The SMILES string of the molecule is CN=C(NCC(=O)NC1CCCCC1)N(C)Cc1ccccc1OC. The molecule has 1 saturated carbocycles. The van der Waals surface area contributed by atoms with Gasteiger partial charge in [0.2, 0.25) is 5.91 Å². The second-order valence-electron chi connectivity index (χ2n) is 6.47. The first-order valence-electron chi connectivity index (χ1n) is 8.97. The molecule has 1 aliphatic rings. The van der Waals surface area contributed by atoms with Crippen LogP contribution in [0, 0.1) is 0 Å². The van der Waals surface area contributed by atoms with Crippen LogP contribution in [0.1, 0.15) is 37.7 Å². The highest BCUT2D eigenvalue weighted by atomic mass is 16.5. The number of nitrogens with zero attached hydrogens (tertiary/aromatic N) is 2. The molecule has 0 saturated heterocycles. The van der Waals surface area contributed by atoms with Gasteiger partial charge < -0.3 is 20.3 Å². The van der Waals surface area contributed by atoms with Gasteiger partial charge in [0.15, 0.2) is 5.96 Å². The minimum absolute atomic E-state index is 0.0266. The van der Waals surface area contributed by atoms with Crippen molar-refractivity contribution in [3.8, 4) is 5.75 Å². The molecular weight excluding hydrogens is 316 g/mol. The Kier molecular flexibility index (Phi) is 7.57. The highest BCUT2D eigenvalue weighted by Gasteiger charge is 2.16. The van der Waals surface area contributed by atoms with Gasteiger partial charge in [-0.2, -0.15) is 0 Å². The summed E-state index contributed by atoms with van der Waals surface area (Å²) in [6, 6.07) is 8.23. The minimum atomic E-state index is 0.0266. The van der Waals surface area contributed by atoms with Crippen molar-refractivity contribution < 1.29 is 9.53 Å². The van der Waals surface area contributed by atoms with Gasteiger partial charge in [-0.05, 0) is 18.9 Å². The molecule has 1 aliphatic carbocycles. The summed E-state index contributed by atoms with van der Waals surface area (Å²) >= 11 is 0. The molecule has 0 unspecified atom stereocenters. The van der Waals surface area contributed by atoms with E-state index in [0.717, 1.165) is 24.2 Å². The van der Waals surface area contributed by atoms with Crippen molar-refractivity contribution in [2.24, 2.45) is 4.99 Å². The molecule has 0 radical (unpaired) electrons. The van der Waals surface area contributed by atoms with Crippen molar-refractivity contribution in [3.63, 3.8) is 0 Å². The van der Waals surface area contributed by atoms with E-state index in [0.29, 0.717) is 18.5 Å². The average molecular weight is 346 g/mol. The average Bonchev–Trinajstić information content (AvgIpc) is 2.63. The van der Waals surface area contributed by atoms with Gasteiger partial charge in [-0.25, -0.2) is 0 Å². The number of nitrogens with one attached hydrogen (secondary N) is 2. The van der Waals surface area contributed by atoms with E-state index in [9.17, 15) is 4.79 Å². The van der Waals surface area contributed by atoms with Crippen molar-refractivity contribution >= 4 is 11.9 Å². The topological polar surface area (TPSA) is 66.0 Å². The third-order valence-electron chi connectivity index (χ3n) is 4.55. The summed E-state index contributed by atoms with van der Waals surface area (Å²) in [7, 11) is 5.34. The van der Waals surface area contributed by atoms with Crippen LogP contribution in [0.3, 0.4) is 0 Å². The van der Waals surface area contributed by atoms with Crippen LogP contribution in [0.4, 0.5) is 0 Å². The Labute approximate surface area is 150 Å². The zero-order valence-electron chi connectivity index (χ0n) is 15.5. The molecule has 1 aromatic carbocycles. The molecule has 0 spiro atoms. The number of methoxy groups -OCH3 is 1. The highest BCUT2D eigenvalue weighted by Crippen LogP contribution is 2.19. The molecule has 25 heavy (non-hydrogen) atoms. The van der Waals surface area contributed by atoms with E-state index in [1.165, 1.54) is 19.3 Å². The lowest BCUT2D eigenvalue weighted by atomic mass is 9.95. The van der Waals surface area contributed by atoms with Gasteiger partial charge in [0, 0.05) is 32.2 Å². The van der Waals surface area contributed by atoms with E-state index in [-0.39, 0.29) is 12.5 Å². The number of carbonyl (C=O) groups excluding carboxylic acids is 1. The van der Waals surface area contributed by atoms with E-state index < -0.39 is 0 Å². The highest BCUT2D eigenvalue weighted by molar-refractivity contribution is 5.86. The third-order valence-corrected chi connectivity index (χ3v) is 4.55. The van der Waals surface area contributed by atoms with Crippen molar-refractivity contribution in [2.75, 3.05) is 27.7 Å². The molecule has 0 aliphatic heterocycles. The van der Waals surface area contributed by atoms with Gasteiger partial charge >= 0.3 is 0 Å². The number of para-hydroxylation sites is 1. The van der Waals surface area contributed by atoms with Crippen LogP contribution < -0.4 is 15.4 Å². The van der Waals surface area contributed by atoms with Crippen molar-refractivity contribution in [2.45, 2.75) is 44.7 Å². The van der Waals surface area contributed by atoms with Gasteiger partial charge in [-0.15, -0.1) is 0 Å². The molecule has 1 fully saturated rings. The van der Waals surface area contributed by atoms with Crippen LogP contribution in [0.5, 0.6) is 5.75 Å². The quantitative estimate of drug-likeness (QED) is 0.612. The number of rotatable bonds is 6. The Hall–Kier alpha value is -2.24. The molecule has 6 nitrogen and oxygen atoms in total. The first kappa shape index (κ1) is 19.1. The van der Waals surface area contributed by atoms with E-state index in [1.807, 2.05) is 36.2 Å². The van der Waals surface area contributed by atoms with Gasteiger partial charge in [0.25, 0.3) is 0 Å². The number of hydrogen-bond acceptors (Lipinski definition) is 3. The van der Waals surface area contributed by atoms with Crippen molar-refractivity contribution in [3.05, 3.63) is 29.8 Å². The summed E-state index contributed by atoms with van der Waals surface area (Å²) in [5, 5.41) is 6.25. The van der Waals surface area contributed by atoms with Gasteiger partial charge in [0.1, 0.15) is 5.75 Å². The molecule has 1 amide bonds. The smallest absolute Gasteiger partial charge is 0.239 e. The summed E-state index contributed by atoms with van der Waals surface area (Å²) in [6.45, 7) is 0.882. The van der Waals surface area contributed by atoms with E-state index in [2.05, 4.69) is 15.6 Å². The molecule has 1 aromatic rings. The number of hydrogen-bond donors (Lipinski definition) is 2. The summed E-state index contributed by atoms with van der Waals surface area (Å²) in [5.41, 5.74) is 1.07. The lowest BCUT2D eigenvalue weighted by Gasteiger charge is -2.25. The van der Waals surface area contributed by atoms with Gasteiger partial charge in [-0.3, -0.25) is 9.79 Å². The number of guanidine groups is 1. The number of benzene rings is 1. The van der Waals surface area contributed by atoms with Gasteiger partial charge in [-0.1, -0.05) is 37.5 Å².